The number of fused-ring (bicyclic) bond motifs is 1. The van der Waals surface area contributed by atoms with Crippen LogP contribution in [-0.2, 0) is 4.79 Å². The van der Waals surface area contributed by atoms with E-state index >= 15 is 0 Å². The molecule has 29 heavy (non-hydrogen) atoms. The van der Waals surface area contributed by atoms with Crippen LogP contribution in [0.2, 0.25) is 0 Å². The van der Waals surface area contributed by atoms with Gasteiger partial charge in [-0.05, 0) is 63.1 Å². The Bertz CT molecular complexity index is 1170. The first-order valence-electron chi connectivity index (χ1n) is 9.81. The van der Waals surface area contributed by atoms with Crippen LogP contribution in [0.3, 0.4) is 0 Å². The number of ether oxygens (including phenoxy) is 1. The highest BCUT2D eigenvalue weighted by molar-refractivity contribution is 5.84. The number of nitrogens with one attached hydrogen (secondary N) is 1. The van der Waals surface area contributed by atoms with Crippen molar-refractivity contribution in [1.82, 2.24) is 14.5 Å². The lowest BCUT2D eigenvalue weighted by Crippen LogP contribution is -2.44. The van der Waals surface area contributed by atoms with Gasteiger partial charge in [-0.1, -0.05) is 12.1 Å². The molecule has 1 saturated carbocycles. The molecule has 0 radical (unpaired) electrons. The molecule has 4 rings (SSSR count). The van der Waals surface area contributed by atoms with Gasteiger partial charge in [-0.2, -0.15) is 0 Å². The first kappa shape index (κ1) is 19.0. The molecule has 150 valence electrons. The van der Waals surface area contributed by atoms with Crippen molar-refractivity contribution in [3.8, 4) is 11.4 Å². The number of benzene rings is 2. The summed E-state index contributed by atoms with van der Waals surface area (Å²) in [5.74, 6) is 0.430. The summed E-state index contributed by atoms with van der Waals surface area (Å²) in [6, 6.07) is 13.1. The highest BCUT2D eigenvalue weighted by Crippen LogP contribution is 2.21. The molecule has 0 aliphatic heterocycles. The summed E-state index contributed by atoms with van der Waals surface area (Å²) in [6.45, 7) is 4.09. The molecule has 0 spiro atoms. The molecule has 7 heteroatoms. The Morgan fingerprint density at radius 1 is 1.14 bits per heavy atom. The second kappa shape index (κ2) is 7.58. The average Bonchev–Trinajstić information content (AvgIpc) is 3.53. The van der Waals surface area contributed by atoms with Gasteiger partial charge in [0, 0.05) is 6.04 Å². The molecular formula is C22H23N3O4. The van der Waals surface area contributed by atoms with Gasteiger partial charge >= 0.3 is 5.69 Å². The van der Waals surface area contributed by atoms with E-state index in [0.29, 0.717) is 28.9 Å². The predicted molar refractivity (Wildman–Crippen MR) is 111 cm³/mol. The molecule has 1 fully saturated rings. The van der Waals surface area contributed by atoms with Crippen molar-refractivity contribution in [2.45, 2.75) is 38.8 Å². The molecule has 0 unspecified atom stereocenters. The van der Waals surface area contributed by atoms with Crippen LogP contribution >= 0.6 is 0 Å². The summed E-state index contributed by atoms with van der Waals surface area (Å²) in [4.78, 5) is 39.2. The summed E-state index contributed by atoms with van der Waals surface area (Å²) >= 11 is 0. The maximum atomic E-state index is 13.4. The Balaban J connectivity index is 1.90. The lowest BCUT2D eigenvalue weighted by atomic mass is 10.2. The second-order valence-corrected chi connectivity index (χ2v) is 7.20. The molecule has 0 bridgehead atoms. The number of nitrogens with zero attached hydrogens (tertiary/aromatic N) is 2. The lowest BCUT2D eigenvalue weighted by Gasteiger charge is -2.19. The third kappa shape index (κ3) is 3.55. The maximum Gasteiger partial charge on any atom is 0.336 e. The number of hydrogen-bond donors (Lipinski definition) is 1. The molecular weight excluding hydrogens is 370 g/mol. The van der Waals surface area contributed by atoms with E-state index in [2.05, 4.69) is 5.32 Å². The second-order valence-electron chi connectivity index (χ2n) is 7.20. The maximum absolute atomic E-state index is 13.4. The van der Waals surface area contributed by atoms with Crippen LogP contribution in [0.1, 0.15) is 32.7 Å². The minimum Gasteiger partial charge on any atom is -0.494 e. The molecule has 0 saturated heterocycles. The van der Waals surface area contributed by atoms with Gasteiger partial charge in [-0.25, -0.2) is 9.36 Å². The minimum absolute atomic E-state index is 0.184. The lowest BCUT2D eigenvalue weighted by molar-refractivity contribution is -0.124. The molecule has 2 aromatic carbocycles. The standard InChI is InChI=1S/C22H23N3O4/c1-3-29-17-12-10-16(11-13-17)25-21(27)18-6-4-5-7-19(18)24(22(25)28)14(2)20(26)23-15-8-9-15/h4-7,10-15H,3,8-9H2,1-2H3,(H,23,26)/t14-/m0/s1. The van der Waals surface area contributed by atoms with Crippen molar-refractivity contribution >= 4 is 16.8 Å². The smallest absolute Gasteiger partial charge is 0.336 e. The van der Waals surface area contributed by atoms with Crippen molar-refractivity contribution in [3.63, 3.8) is 0 Å². The van der Waals surface area contributed by atoms with E-state index in [1.807, 2.05) is 6.92 Å². The van der Waals surface area contributed by atoms with Crippen LogP contribution in [-0.4, -0.2) is 27.7 Å². The first-order chi connectivity index (χ1) is 14.0. The number of carbonyl (C=O) groups is 1. The molecule has 1 atom stereocenters. The molecule has 1 amide bonds. The monoisotopic (exact) mass is 393 g/mol. The third-order valence-electron chi connectivity index (χ3n) is 5.09. The summed E-state index contributed by atoms with van der Waals surface area (Å²) < 4.78 is 7.94. The van der Waals surface area contributed by atoms with Crippen LogP contribution in [0.5, 0.6) is 5.75 Å². The summed E-state index contributed by atoms with van der Waals surface area (Å²) in [6.07, 6.45) is 1.92. The molecule has 1 aromatic heterocycles. The highest BCUT2D eigenvalue weighted by atomic mass is 16.5. The predicted octanol–water partition coefficient (Wildman–Crippen LogP) is 2.39. The quantitative estimate of drug-likeness (QED) is 0.697. The number of para-hydroxylation sites is 1. The summed E-state index contributed by atoms with van der Waals surface area (Å²) in [7, 11) is 0. The molecule has 3 aromatic rings. The number of amides is 1. The van der Waals surface area contributed by atoms with Gasteiger partial charge in [0.1, 0.15) is 11.8 Å². The van der Waals surface area contributed by atoms with Crippen molar-refractivity contribution in [2.24, 2.45) is 0 Å². The van der Waals surface area contributed by atoms with Crippen LogP contribution in [0, 0.1) is 0 Å². The van der Waals surface area contributed by atoms with Gasteiger partial charge in [-0.15, -0.1) is 0 Å². The fourth-order valence-corrected chi connectivity index (χ4v) is 3.41. The Morgan fingerprint density at radius 2 is 1.83 bits per heavy atom. The Kier molecular flexibility index (Phi) is 4.96. The molecule has 1 heterocycles. The molecule has 1 aliphatic rings. The van der Waals surface area contributed by atoms with E-state index in [-0.39, 0.29) is 11.9 Å². The largest absolute Gasteiger partial charge is 0.494 e. The van der Waals surface area contributed by atoms with Crippen molar-refractivity contribution in [2.75, 3.05) is 6.61 Å². The van der Waals surface area contributed by atoms with E-state index in [9.17, 15) is 14.4 Å². The Morgan fingerprint density at radius 3 is 2.48 bits per heavy atom. The van der Waals surface area contributed by atoms with Gasteiger partial charge < -0.3 is 10.1 Å². The molecule has 1 N–H and O–H groups in total. The van der Waals surface area contributed by atoms with Gasteiger partial charge in [0.15, 0.2) is 0 Å². The van der Waals surface area contributed by atoms with Crippen molar-refractivity contribution in [1.29, 1.82) is 0 Å². The first-order valence-corrected chi connectivity index (χ1v) is 9.81. The van der Waals surface area contributed by atoms with Gasteiger partial charge in [0.2, 0.25) is 5.91 Å². The van der Waals surface area contributed by atoms with Crippen LogP contribution in [0.25, 0.3) is 16.6 Å². The van der Waals surface area contributed by atoms with E-state index in [4.69, 9.17) is 4.74 Å². The molecule has 1 aliphatic carbocycles. The van der Waals surface area contributed by atoms with Gasteiger partial charge in [-0.3, -0.25) is 14.2 Å². The Hall–Kier alpha value is -3.35. The van der Waals surface area contributed by atoms with Crippen LogP contribution in [0.4, 0.5) is 0 Å². The van der Waals surface area contributed by atoms with Crippen LogP contribution in [0.15, 0.2) is 58.1 Å². The van der Waals surface area contributed by atoms with Gasteiger partial charge in [0.05, 0.1) is 23.2 Å². The zero-order valence-electron chi connectivity index (χ0n) is 16.4. The SMILES string of the molecule is CCOc1ccc(-n2c(=O)c3ccccc3n([C@@H](C)C(=O)NC3CC3)c2=O)cc1. The highest BCUT2D eigenvalue weighted by Gasteiger charge is 2.28. The fourth-order valence-electron chi connectivity index (χ4n) is 3.41. The van der Waals surface area contributed by atoms with E-state index < -0.39 is 17.3 Å². The zero-order valence-corrected chi connectivity index (χ0v) is 16.4. The van der Waals surface area contributed by atoms with Crippen LogP contribution < -0.4 is 21.3 Å². The number of carbonyl (C=O) groups excluding carboxylic acids is 1. The van der Waals surface area contributed by atoms with Crippen molar-refractivity contribution < 1.29 is 9.53 Å². The fraction of sp³-hybridized carbons (Fsp3) is 0.318. The molecule has 7 nitrogen and oxygen atoms in total. The van der Waals surface area contributed by atoms with Gasteiger partial charge in [0.25, 0.3) is 5.56 Å². The number of rotatable bonds is 6. The summed E-state index contributed by atoms with van der Waals surface area (Å²) in [5.41, 5.74) is -0.0852. The normalized spacial score (nSPS) is 14.6. The topological polar surface area (TPSA) is 82.3 Å². The minimum atomic E-state index is -0.748. The number of aromatic nitrogens is 2. The van der Waals surface area contributed by atoms with E-state index in [1.54, 1.807) is 55.5 Å². The zero-order chi connectivity index (χ0) is 20.5. The van der Waals surface area contributed by atoms with E-state index in [0.717, 1.165) is 17.4 Å². The average molecular weight is 393 g/mol. The van der Waals surface area contributed by atoms with E-state index in [1.165, 1.54) is 4.57 Å². The Labute approximate surface area is 167 Å². The third-order valence-corrected chi connectivity index (χ3v) is 5.09. The number of hydrogen-bond acceptors (Lipinski definition) is 4. The van der Waals surface area contributed by atoms with Crippen molar-refractivity contribution in [3.05, 3.63) is 69.4 Å². The summed E-state index contributed by atoms with van der Waals surface area (Å²) in [5, 5.41) is 3.32.